The second-order valence-electron chi connectivity index (χ2n) is 5.43. The number of amides is 1. The summed E-state index contributed by atoms with van der Waals surface area (Å²) in [7, 11) is 0. The van der Waals surface area contributed by atoms with Gasteiger partial charge in [-0.05, 0) is 37.6 Å². The smallest absolute Gasteiger partial charge is 0.254 e. The van der Waals surface area contributed by atoms with Crippen molar-refractivity contribution < 1.29 is 9.18 Å². The molecule has 0 saturated carbocycles. The van der Waals surface area contributed by atoms with E-state index in [1.165, 1.54) is 12.1 Å². The maximum absolute atomic E-state index is 13.3. The van der Waals surface area contributed by atoms with Crippen molar-refractivity contribution in [3.05, 3.63) is 59.0 Å². The van der Waals surface area contributed by atoms with E-state index in [4.69, 9.17) is 0 Å². The fourth-order valence-corrected chi connectivity index (χ4v) is 2.73. The second-order valence-corrected chi connectivity index (χ2v) is 5.43. The van der Waals surface area contributed by atoms with Crippen LogP contribution in [0.25, 0.3) is 0 Å². The van der Waals surface area contributed by atoms with E-state index in [0.29, 0.717) is 24.5 Å². The Morgan fingerprint density at radius 1 is 1.41 bits per heavy atom. The van der Waals surface area contributed by atoms with Gasteiger partial charge in [0.15, 0.2) is 0 Å². The minimum atomic E-state index is -0.260. The van der Waals surface area contributed by atoms with Crippen LogP contribution >= 0.6 is 0 Å². The molecule has 1 unspecified atom stereocenters. The molecule has 0 radical (unpaired) electrons. The lowest BCUT2D eigenvalue weighted by Crippen LogP contribution is -2.22. The van der Waals surface area contributed by atoms with Crippen LogP contribution in [0.5, 0.6) is 0 Å². The lowest BCUT2D eigenvalue weighted by atomic mass is 10.1. The van der Waals surface area contributed by atoms with Crippen molar-refractivity contribution in [2.75, 3.05) is 11.9 Å². The Bertz CT molecular complexity index is 717. The molecular formula is C17H18FN3O. The minimum Gasteiger partial charge on any atom is -0.363 e. The quantitative estimate of drug-likeness (QED) is 0.941. The van der Waals surface area contributed by atoms with Crippen molar-refractivity contribution in [2.24, 2.45) is 0 Å². The molecule has 1 aromatic carbocycles. The molecule has 0 spiro atoms. The molecule has 1 aliphatic heterocycles. The Hall–Kier alpha value is -2.43. The van der Waals surface area contributed by atoms with Gasteiger partial charge < -0.3 is 10.2 Å². The zero-order valence-electron chi connectivity index (χ0n) is 12.6. The molecule has 22 heavy (non-hydrogen) atoms. The first-order valence-electron chi connectivity index (χ1n) is 7.39. The first-order chi connectivity index (χ1) is 10.6. The van der Waals surface area contributed by atoms with Crippen molar-refractivity contribution in [2.45, 2.75) is 26.4 Å². The first-order valence-corrected chi connectivity index (χ1v) is 7.39. The molecule has 0 aliphatic carbocycles. The van der Waals surface area contributed by atoms with Gasteiger partial charge in [-0.15, -0.1) is 0 Å². The van der Waals surface area contributed by atoms with Gasteiger partial charge in [-0.3, -0.25) is 4.79 Å². The predicted octanol–water partition coefficient (Wildman–Crippen LogP) is 3.37. The number of nitrogens with one attached hydrogen (secondary N) is 1. The van der Waals surface area contributed by atoms with E-state index in [9.17, 15) is 9.18 Å². The number of rotatable bonds is 4. The van der Waals surface area contributed by atoms with Crippen LogP contribution in [0.4, 0.5) is 10.2 Å². The van der Waals surface area contributed by atoms with Gasteiger partial charge in [0.05, 0.1) is 12.6 Å². The zero-order valence-corrected chi connectivity index (χ0v) is 12.6. The van der Waals surface area contributed by atoms with Gasteiger partial charge in [0.1, 0.15) is 11.6 Å². The largest absolute Gasteiger partial charge is 0.363 e. The van der Waals surface area contributed by atoms with Crippen LogP contribution in [-0.4, -0.2) is 22.3 Å². The van der Waals surface area contributed by atoms with E-state index in [2.05, 4.69) is 10.3 Å². The number of anilines is 1. The number of pyridine rings is 1. The van der Waals surface area contributed by atoms with Crippen LogP contribution in [0.2, 0.25) is 0 Å². The van der Waals surface area contributed by atoms with Gasteiger partial charge in [0.25, 0.3) is 5.91 Å². The number of halogens is 1. The van der Waals surface area contributed by atoms with E-state index < -0.39 is 0 Å². The topological polar surface area (TPSA) is 45.2 Å². The van der Waals surface area contributed by atoms with Crippen molar-refractivity contribution in [1.29, 1.82) is 0 Å². The lowest BCUT2D eigenvalue weighted by Gasteiger charge is -2.17. The lowest BCUT2D eigenvalue weighted by molar-refractivity contribution is 0.0787. The summed E-state index contributed by atoms with van der Waals surface area (Å²) < 4.78 is 13.3. The second kappa shape index (κ2) is 5.75. The summed E-state index contributed by atoms with van der Waals surface area (Å²) in [5.41, 5.74) is 2.46. The monoisotopic (exact) mass is 299 g/mol. The molecule has 3 rings (SSSR count). The van der Waals surface area contributed by atoms with Gasteiger partial charge >= 0.3 is 0 Å². The standard InChI is InChI=1S/C17H18FN3O/c1-3-21-10-15-14(17(21)22)7-8-19-16(15)20-11(2)12-5-4-6-13(18)9-12/h4-9,11H,3,10H2,1-2H3,(H,19,20). The SMILES string of the molecule is CCN1Cc2c(ccnc2NC(C)c2cccc(F)c2)C1=O. The maximum atomic E-state index is 13.3. The third-order valence-corrected chi connectivity index (χ3v) is 4.01. The summed E-state index contributed by atoms with van der Waals surface area (Å²) >= 11 is 0. The minimum absolute atomic E-state index is 0.0429. The Labute approximate surface area is 129 Å². The van der Waals surface area contributed by atoms with Crippen molar-refractivity contribution in [1.82, 2.24) is 9.88 Å². The Morgan fingerprint density at radius 3 is 2.95 bits per heavy atom. The molecule has 0 bridgehead atoms. The van der Waals surface area contributed by atoms with Gasteiger partial charge in [-0.1, -0.05) is 12.1 Å². The van der Waals surface area contributed by atoms with Crippen LogP contribution in [-0.2, 0) is 6.54 Å². The molecule has 2 aromatic rings. The number of aromatic nitrogens is 1. The van der Waals surface area contributed by atoms with Crippen LogP contribution in [0, 0.1) is 5.82 Å². The molecule has 1 aromatic heterocycles. The molecule has 0 fully saturated rings. The molecular weight excluding hydrogens is 281 g/mol. The van der Waals surface area contributed by atoms with E-state index in [-0.39, 0.29) is 17.8 Å². The van der Waals surface area contributed by atoms with Gasteiger partial charge in [0, 0.05) is 23.9 Å². The van der Waals surface area contributed by atoms with E-state index in [0.717, 1.165) is 11.1 Å². The number of fused-ring (bicyclic) bond motifs is 1. The highest BCUT2D eigenvalue weighted by atomic mass is 19.1. The summed E-state index contributed by atoms with van der Waals surface area (Å²) in [4.78, 5) is 18.3. The maximum Gasteiger partial charge on any atom is 0.254 e. The molecule has 1 N–H and O–H groups in total. The van der Waals surface area contributed by atoms with Crippen LogP contribution < -0.4 is 5.32 Å². The number of hydrogen-bond acceptors (Lipinski definition) is 3. The summed E-state index contributed by atoms with van der Waals surface area (Å²) in [6, 6.07) is 8.14. The molecule has 0 saturated heterocycles. The third kappa shape index (κ3) is 2.54. The van der Waals surface area contributed by atoms with Crippen molar-refractivity contribution in [3.63, 3.8) is 0 Å². The molecule has 1 aliphatic rings. The normalized spacial score (nSPS) is 14.9. The van der Waals surface area contributed by atoms with Crippen molar-refractivity contribution in [3.8, 4) is 0 Å². The van der Waals surface area contributed by atoms with Gasteiger partial charge in [0.2, 0.25) is 0 Å². The number of nitrogens with zero attached hydrogens (tertiary/aromatic N) is 2. The summed E-state index contributed by atoms with van der Waals surface area (Å²) in [6.45, 7) is 5.15. The van der Waals surface area contributed by atoms with Crippen LogP contribution in [0.3, 0.4) is 0 Å². The van der Waals surface area contributed by atoms with Gasteiger partial charge in [-0.25, -0.2) is 9.37 Å². The summed E-state index contributed by atoms with van der Waals surface area (Å²) in [5, 5.41) is 3.29. The Kier molecular flexibility index (Phi) is 3.79. The molecule has 5 heteroatoms. The third-order valence-electron chi connectivity index (χ3n) is 4.01. The molecule has 2 heterocycles. The van der Waals surface area contributed by atoms with Gasteiger partial charge in [-0.2, -0.15) is 0 Å². The Morgan fingerprint density at radius 2 is 2.23 bits per heavy atom. The van der Waals surface area contributed by atoms with E-state index in [1.54, 1.807) is 23.2 Å². The highest BCUT2D eigenvalue weighted by Crippen LogP contribution is 2.29. The molecule has 1 atom stereocenters. The fraction of sp³-hybridized carbons (Fsp3) is 0.294. The number of benzene rings is 1. The molecule has 4 nitrogen and oxygen atoms in total. The van der Waals surface area contributed by atoms with Crippen molar-refractivity contribution >= 4 is 11.7 Å². The fourth-order valence-electron chi connectivity index (χ4n) is 2.73. The average Bonchev–Trinajstić information content (AvgIpc) is 2.85. The summed E-state index contributed by atoms with van der Waals surface area (Å²) in [6.07, 6.45) is 1.64. The van der Waals surface area contributed by atoms with E-state index >= 15 is 0 Å². The zero-order chi connectivity index (χ0) is 15.7. The number of carbonyl (C=O) groups is 1. The van der Waals surface area contributed by atoms with E-state index in [1.807, 2.05) is 19.9 Å². The summed E-state index contributed by atoms with van der Waals surface area (Å²) in [5.74, 6) is 0.477. The first kappa shape index (κ1) is 14.5. The molecule has 1 amide bonds. The Balaban J connectivity index is 1.87. The molecule has 114 valence electrons. The number of carbonyl (C=O) groups excluding carboxylic acids is 1. The highest BCUT2D eigenvalue weighted by Gasteiger charge is 2.29. The van der Waals surface area contributed by atoms with Crippen LogP contribution in [0.15, 0.2) is 36.5 Å². The predicted molar refractivity (Wildman–Crippen MR) is 83.1 cm³/mol. The average molecular weight is 299 g/mol. The highest BCUT2D eigenvalue weighted by molar-refractivity contribution is 5.99. The van der Waals surface area contributed by atoms with Crippen LogP contribution in [0.1, 0.15) is 41.4 Å². The number of hydrogen-bond donors (Lipinski definition) is 1.